The molecular formula is C27H29FO2. The van der Waals surface area contributed by atoms with E-state index >= 15 is 0 Å². The van der Waals surface area contributed by atoms with E-state index in [1.165, 1.54) is 16.7 Å². The van der Waals surface area contributed by atoms with Crippen molar-refractivity contribution in [1.82, 2.24) is 0 Å². The van der Waals surface area contributed by atoms with Crippen molar-refractivity contribution >= 4 is 0 Å². The molecule has 0 bridgehead atoms. The van der Waals surface area contributed by atoms with E-state index in [-0.39, 0.29) is 13.2 Å². The minimum Gasteiger partial charge on any atom is -0.345 e. The van der Waals surface area contributed by atoms with Crippen molar-refractivity contribution in [3.05, 3.63) is 83.9 Å². The van der Waals surface area contributed by atoms with Gasteiger partial charge in [0.05, 0.1) is 13.2 Å². The Labute approximate surface area is 178 Å². The Hall–Kier alpha value is -2.49. The molecule has 1 saturated heterocycles. The SMILES string of the molecule is CCCC1(F)COC(c2ccc(-c3ccc(-c4ccc(CC)cc4)cc3)cc2)OC1. The van der Waals surface area contributed by atoms with Crippen LogP contribution in [0.1, 0.15) is 44.1 Å². The molecule has 0 unspecified atom stereocenters. The zero-order chi connectivity index (χ0) is 21.0. The van der Waals surface area contributed by atoms with Gasteiger partial charge in [-0.05, 0) is 40.7 Å². The lowest BCUT2D eigenvalue weighted by atomic mass is 9.98. The summed E-state index contributed by atoms with van der Waals surface area (Å²) in [6.45, 7) is 4.32. The van der Waals surface area contributed by atoms with Crippen LogP contribution in [0.3, 0.4) is 0 Å². The molecule has 1 aliphatic rings. The quantitative estimate of drug-likeness (QED) is 0.435. The van der Waals surface area contributed by atoms with Crippen LogP contribution in [0, 0.1) is 0 Å². The van der Waals surface area contributed by atoms with Crippen molar-refractivity contribution in [3.63, 3.8) is 0 Å². The van der Waals surface area contributed by atoms with Crippen molar-refractivity contribution in [3.8, 4) is 22.3 Å². The number of hydrogen-bond donors (Lipinski definition) is 0. The molecule has 0 spiro atoms. The number of ether oxygens (including phenoxy) is 2. The number of hydrogen-bond acceptors (Lipinski definition) is 2. The van der Waals surface area contributed by atoms with Crippen molar-refractivity contribution < 1.29 is 13.9 Å². The third-order valence-electron chi connectivity index (χ3n) is 5.78. The van der Waals surface area contributed by atoms with Crippen LogP contribution >= 0.6 is 0 Å². The minimum absolute atomic E-state index is 0.0912. The van der Waals surface area contributed by atoms with Crippen molar-refractivity contribution in [2.24, 2.45) is 0 Å². The number of benzene rings is 3. The molecule has 3 aromatic rings. The standard InChI is InChI=1S/C27H29FO2/c1-3-17-27(28)18-29-26(30-19-27)25-15-13-24(14-16-25)23-11-9-22(10-12-23)21-7-5-20(4-2)6-8-21/h5-16,26H,3-4,17-19H2,1-2H3. The second-order valence-corrected chi connectivity index (χ2v) is 8.10. The van der Waals surface area contributed by atoms with Gasteiger partial charge < -0.3 is 9.47 Å². The average molecular weight is 405 g/mol. The first-order valence-electron chi connectivity index (χ1n) is 10.8. The number of rotatable bonds is 6. The van der Waals surface area contributed by atoms with Gasteiger partial charge in [-0.25, -0.2) is 4.39 Å². The molecule has 3 heteroatoms. The van der Waals surface area contributed by atoms with E-state index < -0.39 is 12.0 Å². The fourth-order valence-electron chi connectivity index (χ4n) is 3.95. The molecule has 156 valence electrons. The molecule has 0 aliphatic carbocycles. The highest BCUT2D eigenvalue weighted by molar-refractivity contribution is 5.70. The smallest absolute Gasteiger partial charge is 0.184 e. The summed E-state index contributed by atoms with van der Waals surface area (Å²) in [4.78, 5) is 0. The van der Waals surface area contributed by atoms with Crippen LogP contribution in [0.4, 0.5) is 4.39 Å². The fraction of sp³-hybridized carbons (Fsp3) is 0.333. The highest BCUT2D eigenvalue weighted by Gasteiger charge is 2.36. The zero-order valence-electron chi connectivity index (χ0n) is 17.7. The maximum Gasteiger partial charge on any atom is 0.184 e. The topological polar surface area (TPSA) is 18.5 Å². The molecule has 3 aromatic carbocycles. The molecule has 1 heterocycles. The van der Waals surface area contributed by atoms with Crippen LogP contribution in [0.25, 0.3) is 22.3 Å². The van der Waals surface area contributed by atoms with E-state index in [4.69, 9.17) is 9.47 Å². The average Bonchev–Trinajstić information content (AvgIpc) is 2.80. The van der Waals surface area contributed by atoms with Crippen molar-refractivity contribution in [2.75, 3.05) is 13.2 Å². The Balaban J connectivity index is 1.43. The van der Waals surface area contributed by atoms with Crippen LogP contribution in [-0.4, -0.2) is 18.9 Å². The summed E-state index contributed by atoms with van der Waals surface area (Å²) in [5.41, 5.74) is 5.65. The molecule has 0 atom stereocenters. The maximum atomic E-state index is 14.5. The summed E-state index contributed by atoms with van der Waals surface area (Å²) in [6, 6.07) is 25.5. The lowest BCUT2D eigenvalue weighted by Crippen LogP contribution is -2.41. The van der Waals surface area contributed by atoms with Crippen LogP contribution in [0.2, 0.25) is 0 Å². The summed E-state index contributed by atoms with van der Waals surface area (Å²) in [7, 11) is 0. The molecule has 0 aromatic heterocycles. The lowest BCUT2D eigenvalue weighted by Gasteiger charge is -2.34. The summed E-state index contributed by atoms with van der Waals surface area (Å²) >= 11 is 0. The highest BCUT2D eigenvalue weighted by Crippen LogP contribution is 2.33. The molecular weight excluding hydrogens is 375 g/mol. The molecule has 1 fully saturated rings. The van der Waals surface area contributed by atoms with Crippen LogP contribution < -0.4 is 0 Å². The molecule has 1 aliphatic heterocycles. The Morgan fingerprint density at radius 2 is 1.17 bits per heavy atom. The van der Waals surface area contributed by atoms with Gasteiger partial charge in [0, 0.05) is 5.56 Å². The van der Waals surface area contributed by atoms with Gasteiger partial charge in [0.2, 0.25) is 0 Å². The van der Waals surface area contributed by atoms with Gasteiger partial charge in [-0.3, -0.25) is 0 Å². The van der Waals surface area contributed by atoms with Crippen molar-refractivity contribution in [2.45, 2.75) is 45.1 Å². The van der Waals surface area contributed by atoms with E-state index in [1.54, 1.807) is 0 Å². The highest BCUT2D eigenvalue weighted by atomic mass is 19.1. The Bertz CT molecular complexity index is 938. The van der Waals surface area contributed by atoms with E-state index in [0.29, 0.717) is 6.42 Å². The molecule has 2 nitrogen and oxygen atoms in total. The monoisotopic (exact) mass is 404 g/mol. The molecule has 0 amide bonds. The van der Waals surface area contributed by atoms with Gasteiger partial charge in [-0.1, -0.05) is 93.1 Å². The van der Waals surface area contributed by atoms with Crippen LogP contribution in [-0.2, 0) is 15.9 Å². The molecule has 30 heavy (non-hydrogen) atoms. The fourth-order valence-corrected chi connectivity index (χ4v) is 3.95. The molecule has 0 radical (unpaired) electrons. The first kappa shape index (κ1) is 20.8. The van der Waals surface area contributed by atoms with Crippen LogP contribution in [0.15, 0.2) is 72.8 Å². The van der Waals surface area contributed by atoms with Gasteiger partial charge in [0.15, 0.2) is 12.0 Å². The summed E-state index contributed by atoms with van der Waals surface area (Å²) in [5, 5.41) is 0. The van der Waals surface area contributed by atoms with Crippen molar-refractivity contribution in [1.29, 1.82) is 0 Å². The largest absolute Gasteiger partial charge is 0.345 e. The van der Waals surface area contributed by atoms with E-state index in [1.807, 2.05) is 19.1 Å². The van der Waals surface area contributed by atoms with E-state index in [0.717, 1.165) is 29.5 Å². The minimum atomic E-state index is -1.36. The number of alkyl halides is 1. The first-order chi connectivity index (χ1) is 14.6. The van der Waals surface area contributed by atoms with Gasteiger partial charge in [0.1, 0.15) is 0 Å². The number of aryl methyl sites for hydroxylation is 1. The summed E-state index contributed by atoms with van der Waals surface area (Å²) in [5.74, 6) is 0. The second-order valence-electron chi connectivity index (χ2n) is 8.10. The third kappa shape index (κ3) is 4.63. The van der Waals surface area contributed by atoms with Gasteiger partial charge >= 0.3 is 0 Å². The Kier molecular flexibility index (Phi) is 6.31. The normalized spacial score (nSPS) is 21.5. The summed E-state index contributed by atoms with van der Waals surface area (Å²) < 4.78 is 25.8. The number of halogens is 1. The zero-order valence-corrected chi connectivity index (χ0v) is 17.7. The van der Waals surface area contributed by atoms with E-state index in [2.05, 4.69) is 67.6 Å². The summed E-state index contributed by atoms with van der Waals surface area (Å²) in [6.07, 6.45) is 1.82. The Morgan fingerprint density at radius 3 is 1.60 bits per heavy atom. The van der Waals surface area contributed by atoms with Gasteiger partial charge in [-0.2, -0.15) is 0 Å². The maximum absolute atomic E-state index is 14.5. The second kappa shape index (κ2) is 9.11. The molecule has 0 saturated carbocycles. The van der Waals surface area contributed by atoms with Gasteiger partial charge in [0.25, 0.3) is 0 Å². The van der Waals surface area contributed by atoms with E-state index in [9.17, 15) is 4.39 Å². The Morgan fingerprint density at radius 1 is 0.733 bits per heavy atom. The predicted molar refractivity (Wildman–Crippen MR) is 120 cm³/mol. The molecule has 4 rings (SSSR count). The third-order valence-corrected chi connectivity index (χ3v) is 5.78. The van der Waals surface area contributed by atoms with Crippen LogP contribution in [0.5, 0.6) is 0 Å². The first-order valence-corrected chi connectivity index (χ1v) is 10.8. The molecule has 0 N–H and O–H groups in total. The van der Waals surface area contributed by atoms with Gasteiger partial charge in [-0.15, -0.1) is 0 Å². The lowest BCUT2D eigenvalue weighted by molar-refractivity contribution is -0.238. The predicted octanol–water partition coefficient (Wildman–Crippen LogP) is 7.14.